The number of amides is 1. The molecule has 0 spiro atoms. The van der Waals surface area contributed by atoms with Gasteiger partial charge in [-0.25, -0.2) is 4.52 Å². The molecule has 0 radical (unpaired) electrons. The Kier molecular flexibility index (Phi) is 5.39. The van der Waals surface area contributed by atoms with Crippen molar-refractivity contribution in [2.24, 2.45) is 0 Å². The second kappa shape index (κ2) is 7.58. The molecule has 0 saturated carbocycles. The Morgan fingerprint density at radius 2 is 2.07 bits per heavy atom. The topological polar surface area (TPSA) is 75.9 Å². The molecule has 3 aromatic rings. The lowest BCUT2D eigenvalue weighted by atomic mass is 10.1. The van der Waals surface area contributed by atoms with Crippen LogP contribution in [0.3, 0.4) is 0 Å². The highest BCUT2D eigenvalue weighted by molar-refractivity contribution is 6.31. The van der Waals surface area contributed by atoms with E-state index in [1.807, 2.05) is 24.3 Å². The molecule has 7 heteroatoms. The van der Waals surface area contributed by atoms with Gasteiger partial charge in [-0.15, -0.1) is 0 Å². The van der Waals surface area contributed by atoms with Gasteiger partial charge in [-0.3, -0.25) is 4.79 Å². The van der Waals surface area contributed by atoms with E-state index in [0.717, 1.165) is 5.56 Å². The number of fused-ring (bicyclic) bond motifs is 1. The number of halogens is 1. The van der Waals surface area contributed by atoms with Crippen LogP contribution in [0, 0.1) is 6.92 Å². The first-order valence-electron chi connectivity index (χ1n) is 8.59. The highest BCUT2D eigenvalue weighted by Crippen LogP contribution is 2.23. The molecule has 1 amide bonds. The molecule has 0 atom stereocenters. The summed E-state index contributed by atoms with van der Waals surface area (Å²) < 4.78 is 7.49. The molecule has 0 bridgehead atoms. The number of ether oxygens (including phenoxy) is 1. The van der Waals surface area contributed by atoms with Gasteiger partial charge in [0, 0.05) is 22.8 Å². The van der Waals surface area contributed by atoms with Crippen LogP contribution in [-0.2, 0) is 6.61 Å². The molecular formula is C20H22ClN3O3. The first kappa shape index (κ1) is 19.2. The average Bonchev–Trinajstić information content (AvgIpc) is 2.95. The lowest BCUT2D eigenvalue weighted by molar-refractivity contribution is 0.0870. The van der Waals surface area contributed by atoms with Crippen LogP contribution >= 0.6 is 11.6 Å². The monoisotopic (exact) mass is 387 g/mol. The van der Waals surface area contributed by atoms with Gasteiger partial charge in [0.2, 0.25) is 0 Å². The molecule has 27 heavy (non-hydrogen) atoms. The van der Waals surface area contributed by atoms with Gasteiger partial charge in [-0.2, -0.15) is 5.10 Å². The molecule has 1 aromatic carbocycles. The van der Waals surface area contributed by atoms with Gasteiger partial charge in [-0.05, 0) is 32.9 Å². The minimum atomic E-state index is -0.726. The summed E-state index contributed by atoms with van der Waals surface area (Å²) in [6, 6.07) is 11.0. The van der Waals surface area contributed by atoms with Gasteiger partial charge in [0.15, 0.2) is 0 Å². The highest BCUT2D eigenvalue weighted by atomic mass is 35.5. The molecule has 6 nitrogen and oxygen atoms in total. The van der Waals surface area contributed by atoms with Crippen molar-refractivity contribution in [3.8, 4) is 5.75 Å². The Balaban J connectivity index is 1.88. The Hall–Kier alpha value is -2.57. The van der Waals surface area contributed by atoms with Crippen molar-refractivity contribution in [1.29, 1.82) is 0 Å². The molecule has 3 rings (SSSR count). The van der Waals surface area contributed by atoms with Crippen molar-refractivity contribution in [2.45, 2.75) is 32.9 Å². The number of aliphatic hydroxyl groups is 1. The number of aryl methyl sites for hydroxylation is 1. The van der Waals surface area contributed by atoms with Crippen LogP contribution in [0.25, 0.3) is 5.52 Å². The van der Waals surface area contributed by atoms with E-state index in [1.165, 1.54) is 0 Å². The lowest BCUT2D eigenvalue weighted by Crippen LogP contribution is -2.46. The van der Waals surface area contributed by atoms with Gasteiger partial charge < -0.3 is 15.2 Å². The first-order valence-corrected chi connectivity index (χ1v) is 8.97. The van der Waals surface area contributed by atoms with E-state index >= 15 is 0 Å². The van der Waals surface area contributed by atoms with Crippen molar-refractivity contribution >= 4 is 23.0 Å². The standard InChI is InChI=1S/C20H22ClN3O3/c1-13-18(19(26)22-20(2,3)12-25)17-10-15(8-9-24(17)23-13)27-11-14-6-4-5-7-16(14)21/h4-10,25H,11-12H2,1-3H3,(H,22,26). The Labute approximate surface area is 162 Å². The zero-order chi connectivity index (χ0) is 19.6. The Morgan fingerprint density at radius 3 is 2.78 bits per heavy atom. The van der Waals surface area contributed by atoms with Crippen LogP contribution in [0.2, 0.25) is 5.02 Å². The molecule has 0 aliphatic rings. The molecule has 0 aliphatic heterocycles. The summed E-state index contributed by atoms with van der Waals surface area (Å²) in [5.74, 6) is 0.322. The largest absolute Gasteiger partial charge is 0.489 e. The van der Waals surface area contributed by atoms with Crippen molar-refractivity contribution in [3.63, 3.8) is 0 Å². The second-order valence-electron chi connectivity index (χ2n) is 7.03. The minimum Gasteiger partial charge on any atom is -0.489 e. The number of carbonyl (C=O) groups excluding carboxylic acids is 1. The molecule has 2 aromatic heterocycles. The maximum Gasteiger partial charge on any atom is 0.255 e. The molecule has 0 aliphatic carbocycles. The molecule has 2 heterocycles. The number of hydrogen-bond donors (Lipinski definition) is 2. The van der Waals surface area contributed by atoms with Crippen LogP contribution < -0.4 is 10.1 Å². The van der Waals surface area contributed by atoms with Gasteiger partial charge in [-0.1, -0.05) is 29.8 Å². The number of rotatable bonds is 6. The van der Waals surface area contributed by atoms with Gasteiger partial charge >= 0.3 is 0 Å². The fourth-order valence-corrected chi connectivity index (χ4v) is 2.89. The zero-order valence-electron chi connectivity index (χ0n) is 15.5. The zero-order valence-corrected chi connectivity index (χ0v) is 16.2. The number of hydrogen-bond acceptors (Lipinski definition) is 4. The van der Waals surface area contributed by atoms with E-state index < -0.39 is 5.54 Å². The van der Waals surface area contributed by atoms with Crippen LogP contribution in [0.4, 0.5) is 0 Å². The summed E-state index contributed by atoms with van der Waals surface area (Å²) in [5, 5.41) is 17.3. The summed E-state index contributed by atoms with van der Waals surface area (Å²) in [6.45, 7) is 5.44. The third kappa shape index (κ3) is 4.23. The summed E-state index contributed by atoms with van der Waals surface area (Å²) >= 11 is 6.16. The summed E-state index contributed by atoms with van der Waals surface area (Å²) in [5.41, 5.74) is 1.85. The molecule has 0 fully saturated rings. The highest BCUT2D eigenvalue weighted by Gasteiger charge is 2.24. The van der Waals surface area contributed by atoms with Crippen molar-refractivity contribution in [3.05, 3.63) is 64.4 Å². The van der Waals surface area contributed by atoms with Crippen molar-refractivity contribution < 1.29 is 14.6 Å². The summed E-state index contributed by atoms with van der Waals surface area (Å²) in [4.78, 5) is 12.7. The Bertz CT molecular complexity index is 982. The van der Waals surface area contributed by atoms with Crippen LogP contribution in [0.5, 0.6) is 5.75 Å². The van der Waals surface area contributed by atoms with E-state index in [1.54, 1.807) is 43.6 Å². The van der Waals surface area contributed by atoms with E-state index in [0.29, 0.717) is 34.2 Å². The van der Waals surface area contributed by atoms with Crippen LogP contribution in [0.15, 0.2) is 42.6 Å². The number of pyridine rings is 1. The second-order valence-corrected chi connectivity index (χ2v) is 7.44. The summed E-state index contributed by atoms with van der Waals surface area (Å²) in [6.07, 6.45) is 1.75. The number of nitrogens with one attached hydrogen (secondary N) is 1. The van der Waals surface area contributed by atoms with Crippen LogP contribution in [0.1, 0.15) is 35.5 Å². The van der Waals surface area contributed by atoms with E-state index in [2.05, 4.69) is 10.4 Å². The maximum absolute atomic E-state index is 12.7. The van der Waals surface area contributed by atoms with Gasteiger partial charge in [0.05, 0.1) is 28.9 Å². The molecule has 142 valence electrons. The predicted octanol–water partition coefficient (Wildman–Crippen LogP) is 3.38. The third-order valence-electron chi connectivity index (χ3n) is 4.21. The third-order valence-corrected chi connectivity index (χ3v) is 4.58. The predicted molar refractivity (Wildman–Crippen MR) is 104 cm³/mol. The first-order chi connectivity index (χ1) is 12.8. The molecule has 2 N–H and O–H groups in total. The van der Waals surface area contributed by atoms with Gasteiger partial charge in [0.1, 0.15) is 12.4 Å². The average molecular weight is 388 g/mol. The van der Waals surface area contributed by atoms with E-state index in [4.69, 9.17) is 16.3 Å². The Morgan fingerprint density at radius 1 is 1.33 bits per heavy atom. The molecule has 0 saturated heterocycles. The molecule has 0 unspecified atom stereocenters. The van der Waals surface area contributed by atoms with Crippen LogP contribution in [-0.4, -0.2) is 32.8 Å². The van der Waals surface area contributed by atoms with E-state index in [-0.39, 0.29) is 12.5 Å². The number of nitrogens with zero attached hydrogens (tertiary/aromatic N) is 2. The maximum atomic E-state index is 12.7. The lowest BCUT2D eigenvalue weighted by Gasteiger charge is -2.23. The fourth-order valence-electron chi connectivity index (χ4n) is 2.70. The van der Waals surface area contributed by atoms with Crippen molar-refractivity contribution in [1.82, 2.24) is 14.9 Å². The van der Waals surface area contributed by atoms with Gasteiger partial charge in [0.25, 0.3) is 5.91 Å². The number of benzene rings is 1. The van der Waals surface area contributed by atoms with E-state index in [9.17, 15) is 9.90 Å². The minimum absolute atomic E-state index is 0.163. The number of aliphatic hydroxyl groups excluding tert-OH is 1. The normalized spacial score (nSPS) is 11.6. The quantitative estimate of drug-likeness (QED) is 0.679. The van der Waals surface area contributed by atoms with Crippen molar-refractivity contribution in [2.75, 3.05) is 6.61 Å². The smallest absolute Gasteiger partial charge is 0.255 e. The number of carbonyl (C=O) groups is 1. The SMILES string of the molecule is Cc1nn2ccc(OCc3ccccc3Cl)cc2c1C(=O)NC(C)(C)CO. The summed E-state index contributed by atoms with van der Waals surface area (Å²) in [7, 11) is 0. The molecular weight excluding hydrogens is 366 g/mol. The number of aromatic nitrogens is 2. The fraction of sp³-hybridized carbons (Fsp3) is 0.300.